The summed E-state index contributed by atoms with van der Waals surface area (Å²) < 4.78 is 0. The van der Waals surface area contributed by atoms with Crippen LogP contribution in [0.5, 0.6) is 0 Å². The van der Waals surface area contributed by atoms with Crippen LogP contribution >= 0.6 is 0 Å². The SMILES string of the molecule is CC(=O)NCCC1CC(C)(C)NC(C)(C)C1. The van der Waals surface area contributed by atoms with Gasteiger partial charge in [0.25, 0.3) is 0 Å². The smallest absolute Gasteiger partial charge is 0.216 e. The van der Waals surface area contributed by atoms with Gasteiger partial charge in [-0.3, -0.25) is 4.79 Å². The van der Waals surface area contributed by atoms with Crippen molar-refractivity contribution in [3.05, 3.63) is 0 Å². The number of hydrogen-bond acceptors (Lipinski definition) is 2. The van der Waals surface area contributed by atoms with Crippen LogP contribution in [0.15, 0.2) is 0 Å². The molecule has 16 heavy (non-hydrogen) atoms. The molecule has 1 aliphatic rings. The molecule has 94 valence electrons. The molecule has 0 bridgehead atoms. The van der Waals surface area contributed by atoms with Crippen LogP contribution in [-0.4, -0.2) is 23.5 Å². The Morgan fingerprint density at radius 2 is 1.75 bits per heavy atom. The molecule has 0 unspecified atom stereocenters. The molecule has 3 heteroatoms. The van der Waals surface area contributed by atoms with Crippen molar-refractivity contribution in [1.29, 1.82) is 0 Å². The van der Waals surface area contributed by atoms with Gasteiger partial charge in [-0.05, 0) is 52.9 Å². The molecule has 1 fully saturated rings. The highest BCUT2D eigenvalue weighted by atomic mass is 16.1. The fourth-order valence-corrected chi connectivity index (χ4v) is 3.19. The maximum atomic E-state index is 10.8. The number of amides is 1. The molecule has 1 amide bonds. The first-order valence-electron chi connectivity index (χ1n) is 6.24. The predicted molar refractivity (Wildman–Crippen MR) is 67.3 cm³/mol. The number of nitrogens with one attached hydrogen (secondary N) is 2. The molecule has 1 rings (SSSR count). The summed E-state index contributed by atoms with van der Waals surface area (Å²) in [6.45, 7) is 11.4. The number of carbonyl (C=O) groups excluding carboxylic acids is 1. The van der Waals surface area contributed by atoms with E-state index in [1.807, 2.05) is 0 Å². The highest BCUT2D eigenvalue weighted by molar-refractivity contribution is 5.72. The third-order valence-corrected chi connectivity index (χ3v) is 3.20. The van der Waals surface area contributed by atoms with Crippen molar-refractivity contribution in [2.75, 3.05) is 6.54 Å². The van der Waals surface area contributed by atoms with E-state index in [1.54, 1.807) is 6.92 Å². The van der Waals surface area contributed by atoms with Crippen LogP contribution in [0.2, 0.25) is 0 Å². The highest BCUT2D eigenvalue weighted by Gasteiger charge is 2.37. The van der Waals surface area contributed by atoms with Gasteiger partial charge in [-0.15, -0.1) is 0 Å². The van der Waals surface area contributed by atoms with E-state index >= 15 is 0 Å². The largest absolute Gasteiger partial charge is 0.356 e. The summed E-state index contributed by atoms with van der Waals surface area (Å²) in [6, 6.07) is 0. The normalized spacial score (nSPS) is 24.1. The Morgan fingerprint density at radius 3 is 2.19 bits per heavy atom. The summed E-state index contributed by atoms with van der Waals surface area (Å²) in [4.78, 5) is 10.8. The van der Waals surface area contributed by atoms with Gasteiger partial charge in [-0.2, -0.15) is 0 Å². The quantitative estimate of drug-likeness (QED) is 0.773. The molecule has 1 aliphatic heterocycles. The van der Waals surface area contributed by atoms with Gasteiger partial charge in [0.2, 0.25) is 5.91 Å². The topological polar surface area (TPSA) is 41.1 Å². The Bertz CT molecular complexity index is 243. The van der Waals surface area contributed by atoms with E-state index < -0.39 is 0 Å². The van der Waals surface area contributed by atoms with Gasteiger partial charge in [-0.25, -0.2) is 0 Å². The van der Waals surface area contributed by atoms with E-state index in [-0.39, 0.29) is 17.0 Å². The molecule has 0 aromatic rings. The van der Waals surface area contributed by atoms with Crippen LogP contribution in [0.3, 0.4) is 0 Å². The molecule has 0 aromatic carbocycles. The van der Waals surface area contributed by atoms with E-state index in [2.05, 4.69) is 38.3 Å². The van der Waals surface area contributed by atoms with Crippen molar-refractivity contribution in [3.8, 4) is 0 Å². The van der Waals surface area contributed by atoms with E-state index in [0.29, 0.717) is 5.92 Å². The minimum atomic E-state index is 0.0763. The van der Waals surface area contributed by atoms with Gasteiger partial charge in [0.15, 0.2) is 0 Å². The Hall–Kier alpha value is -0.570. The number of rotatable bonds is 3. The van der Waals surface area contributed by atoms with Crippen LogP contribution < -0.4 is 10.6 Å². The average Bonchev–Trinajstić information content (AvgIpc) is 1.96. The lowest BCUT2D eigenvalue weighted by atomic mass is 9.75. The maximum Gasteiger partial charge on any atom is 0.216 e. The summed E-state index contributed by atoms with van der Waals surface area (Å²) in [5.41, 5.74) is 0.422. The minimum absolute atomic E-state index is 0.0763. The van der Waals surface area contributed by atoms with Crippen molar-refractivity contribution >= 4 is 5.91 Å². The Labute approximate surface area is 99.4 Å². The molecule has 0 spiro atoms. The molecule has 0 radical (unpaired) electrons. The van der Waals surface area contributed by atoms with E-state index in [4.69, 9.17) is 0 Å². The van der Waals surface area contributed by atoms with Gasteiger partial charge in [0, 0.05) is 24.5 Å². The molecule has 0 aliphatic carbocycles. The van der Waals surface area contributed by atoms with E-state index in [1.165, 1.54) is 12.8 Å². The van der Waals surface area contributed by atoms with Gasteiger partial charge in [0.1, 0.15) is 0 Å². The minimum Gasteiger partial charge on any atom is -0.356 e. The monoisotopic (exact) mass is 226 g/mol. The Balaban J connectivity index is 2.45. The van der Waals surface area contributed by atoms with Crippen molar-refractivity contribution in [1.82, 2.24) is 10.6 Å². The molecular formula is C13H26N2O. The fraction of sp³-hybridized carbons (Fsp3) is 0.923. The number of carbonyl (C=O) groups is 1. The molecular weight excluding hydrogens is 200 g/mol. The maximum absolute atomic E-state index is 10.8. The lowest BCUT2D eigenvalue weighted by Gasteiger charge is -2.46. The van der Waals surface area contributed by atoms with E-state index in [0.717, 1.165) is 13.0 Å². The Morgan fingerprint density at radius 1 is 1.25 bits per heavy atom. The third-order valence-electron chi connectivity index (χ3n) is 3.20. The lowest BCUT2D eigenvalue weighted by Crippen LogP contribution is -2.58. The van der Waals surface area contributed by atoms with Gasteiger partial charge < -0.3 is 10.6 Å². The van der Waals surface area contributed by atoms with E-state index in [9.17, 15) is 4.79 Å². The zero-order valence-corrected chi connectivity index (χ0v) is 11.3. The second-order valence-corrected chi connectivity index (χ2v) is 6.44. The zero-order chi connectivity index (χ0) is 12.4. The third kappa shape index (κ3) is 4.52. The van der Waals surface area contributed by atoms with Crippen molar-refractivity contribution in [3.63, 3.8) is 0 Å². The average molecular weight is 226 g/mol. The van der Waals surface area contributed by atoms with Crippen LogP contribution in [0.4, 0.5) is 0 Å². The standard InChI is InChI=1S/C13H26N2O/c1-10(16)14-7-6-11-8-12(2,3)15-13(4,5)9-11/h11,15H,6-9H2,1-5H3,(H,14,16). The van der Waals surface area contributed by atoms with Gasteiger partial charge in [-0.1, -0.05) is 0 Å². The number of piperidine rings is 1. The summed E-state index contributed by atoms with van der Waals surface area (Å²) in [7, 11) is 0. The summed E-state index contributed by atoms with van der Waals surface area (Å²) in [5.74, 6) is 0.783. The van der Waals surface area contributed by atoms with Crippen molar-refractivity contribution in [2.24, 2.45) is 5.92 Å². The molecule has 1 heterocycles. The van der Waals surface area contributed by atoms with Crippen molar-refractivity contribution in [2.45, 2.75) is 65.0 Å². The van der Waals surface area contributed by atoms with Crippen LogP contribution in [0.1, 0.15) is 53.9 Å². The Kier molecular flexibility index (Phi) is 4.00. The highest BCUT2D eigenvalue weighted by Crippen LogP contribution is 2.34. The summed E-state index contributed by atoms with van der Waals surface area (Å²) in [6.07, 6.45) is 3.47. The van der Waals surface area contributed by atoms with Gasteiger partial charge in [0.05, 0.1) is 0 Å². The second-order valence-electron chi connectivity index (χ2n) is 6.44. The van der Waals surface area contributed by atoms with Crippen molar-refractivity contribution < 1.29 is 4.79 Å². The lowest BCUT2D eigenvalue weighted by molar-refractivity contribution is -0.119. The molecule has 0 saturated carbocycles. The zero-order valence-electron chi connectivity index (χ0n) is 11.3. The first-order valence-corrected chi connectivity index (χ1v) is 6.24. The molecule has 3 nitrogen and oxygen atoms in total. The van der Waals surface area contributed by atoms with Gasteiger partial charge >= 0.3 is 0 Å². The number of hydrogen-bond donors (Lipinski definition) is 2. The first kappa shape index (κ1) is 13.5. The molecule has 0 atom stereocenters. The first-order chi connectivity index (χ1) is 7.20. The second kappa shape index (κ2) is 4.74. The van der Waals surface area contributed by atoms with Crippen LogP contribution in [-0.2, 0) is 4.79 Å². The fourth-order valence-electron chi connectivity index (χ4n) is 3.19. The molecule has 1 saturated heterocycles. The van der Waals surface area contributed by atoms with Crippen LogP contribution in [0, 0.1) is 5.92 Å². The van der Waals surface area contributed by atoms with Crippen LogP contribution in [0.25, 0.3) is 0 Å². The molecule has 0 aromatic heterocycles. The predicted octanol–water partition coefficient (Wildman–Crippen LogP) is 2.07. The molecule has 2 N–H and O–H groups in total. The summed E-state index contributed by atoms with van der Waals surface area (Å²) >= 11 is 0. The summed E-state index contributed by atoms with van der Waals surface area (Å²) in [5, 5.41) is 6.56.